The summed E-state index contributed by atoms with van der Waals surface area (Å²) in [6, 6.07) is 7.86. The minimum Gasteiger partial charge on any atom is -0.302 e. The van der Waals surface area contributed by atoms with Crippen LogP contribution in [0.15, 0.2) is 29.6 Å². The van der Waals surface area contributed by atoms with Crippen molar-refractivity contribution in [1.29, 1.82) is 0 Å². The highest BCUT2D eigenvalue weighted by Gasteiger charge is 2.22. The van der Waals surface area contributed by atoms with Gasteiger partial charge in [-0.1, -0.05) is 48.9 Å². The fraction of sp³-hybridized carbons (Fsp3) is 0.400. The lowest BCUT2D eigenvalue weighted by Crippen LogP contribution is -2.39. The van der Waals surface area contributed by atoms with Crippen LogP contribution in [0.1, 0.15) is 24.3 Å². The van der Waals surface area contributed by atoms with Gasteiger partial charge in [0.05, 0.1) is 21.7 Å². The summed E-state index contributed by atoms with van der Waals surface area (Å²) >= 11 is 9.49. The Hall–Kier alpha value is -1.47. The number of anilines is 1. The van der Waals surface area contributed by atoms with Gasteiger partial charge in [0, 0.05) is 18.0 Å². The van der Waals surface area contributed by atoms with Crippen molar-refractivity contribution < 1.29 is 4.79 Å². The third kappa shape index (κ3) is 4.69. The van der Waals surface area contributed by atoms with Crippen molar-refractivity contribution in [2.75, 3.05) is 31.1 Å². The maximum atomic E-state index is 13.1. The highest BCUT2D eigenvalue weighted by atomic mass is 35.5. The molecule has 27 heavy (non-hydrogen) atoms. The first-order chi connectivity index (χ1) is 13.0. The quantitative estimate of drug-likeness (QED) is 0.499. The van der Waals surface area contributed by atoms with Crippen molar-refractivity contribution in [1.82, 2.24) is 9.88 Å². The minimum absolute atomic E-state index is 0.0810. The number of thiazole rings is 1. The number of rotatable bonds is 8. The van der Waals surface area contributed by atoms with Gasteiger partial charge in [-0.05, 0) is 43.1 Å². The molecule has 0 N–H and O–H groups in total. The maximum Gasteiger partial charge on any atom is 0.234 e. The van der Waals surface area contributed by atoms with E-state index in [0.717, 1.165) is 45.4 Å². The van der Waals surface area contributed by atoms with Crippen molar-refractivity contribution >= 4 is 55.5 Å². The van der Waals surface area contributed by atoms with E-state index < -0.39 is 0 Å². The number of likely N-dealkylation sites (N-methyl/N-ethyl adjacent to an activating group) is 1. The van der Waals surface area contributed by atoms with E-state index in [4.69, 9.17) is 16.6 Å². The molecule has 1 amide bonds. The largest absolute Gasteiger partial charge is 0.302 e. The van der Waals surface area contributed by atoms with Gasteiger partial charge < -0.3 is 4.90 Å². The Bertz CT molecular complexity index is 864. The third-order valence-electron chi connectivity index (χ3n) is 4.66. The fourth-order valence-electron chi connectivity index (χ4n) is 2.97. The summed E-state index contributed by atoms with van der Waals surface area (Å²) in [6.07, 6.45) is 0.401. The van der Waals surface area contributed by atoms with Gasteiger partial charge in [0.1, 0.15) is 0 Å². The maximum absolute atomic E-state index is 13.1. The highest BCUT2D eigenvalue weighted by molar-refractivity contribution is 7.23. The van der Waals surface area contributed by atoms with Gasteiger partial charge in [-0.25, -0.2) is 4.98 Å². The number of carbonyl (C=O) groups is 1. The molecule has 0 fully saturated rings. The van der Waals surface area contributed by atoms with E-state index in [9.17, 15) is 4.79 Å². The van der Waals surface area contributed by atoms with Crippen LogP contribution in [0.5, 0.6) is 0 Å². The SMILES string of the molecule is CCN(CC)CCN(C(=O)Cc1cccs1)c1nc2c(C)ccc(Cl)c2s1. The smallest absolute Gasteiger partial charge is 0.234 e. The van der Waals surface area contributed by atoms with Crippen molar-refractivity contribution in [3.05, 3.63) is 45.1 Å². The number of nitrogens with zero attached hydrogens (tertiary/aromatic N) is 3. The molecule has 3 rings (SSSR count). The average Bonchev–Trinajstić information content (AvgIpc) is 3.32. The number of fused-ring (bicyclic) bond motifs is 1. The predicted molar refractivity (Wildman–Crippen MR) is 118 cm³/mol. The van der Waals surface area contributed by atoms with Crippen molar-refractivity contribution in [3.8, 4) is 0 Å². The molecule has 0 bridgehead atoms. The van der Waals surface area contributed by atoms with E-state index in [1.165, 1.54) is 11.3 Å². The molecule has 3 aromatic rings. The van der Waals surface area contributed by atoms with Crippen LogP contribution in [0.2, 0.25) is 5.02 Å². The molecule has 0 spiro atoms. The average molecular weight is 422 g/mol. The summed E-state index contributed by atoms with van der Waals surface area (Å²) in [5.41, 5.74) is 1.96. The summed E-state index contributed by atoms with van der Waals surface area (Å²) in [5, 5.41) is 3.42. The van der Waals surface area contributed by atoms with Gasteiger partial charge in [0.15, 0.2) is 5.13 Å². The number of hydrogen-bond donors (Lipinski definition) is 0. The Kier molecular flexibility index (Phi) is 6.87. The lowest BCUT2D eigenvalue weighted by atomic mass is 10.2. The number of amides is 1. The molecule has 0 aliphatic carbocycles. The van der Waals surface area contributed by atoms with E-state index in [1.807, 2.05) is 41.5 Å². The first kappa shape index (κ1) is 20.3. The molecule has 0 radical (unpaired) electrons. The lowest BCUT2D eigenvalue weighted by Gasteiger charge is -2.24. The Morgan fingerprint density at radius 2 is 1.96 bits per heavy atom. The molecule has 2 heterocycles. The molecular formula is C20H24ClN3OS2. The van der Waals surface area contributed by atoms with Crippen LogP contribution in [-0.4, -0.2) is 42.0 Å². The molecule has 4 nitrogen and oxygen atoms in total. The molecular weight excluding hydrogens is 398 g/mol. The summed E-state index contributed by atoms with van der Waals surface area (Å²) in [4.78, 5) is 23.1. The zero-order valence-electron chi connectivity index (χ0n) is 15.9. The summed E-state index contributed by atoms with van der Waals surface area (Å²) in [5.74, 6) is 0.0810. The molecule has 0 aliphatic rings. The second-order valence-corrected chi connectivity index (χ2v) is 8.78. The second kappa shape index (κ2) is 9.15. The van der Waals surface area contributed by atoms with E-state index in [2.05, 4.69) is 18.7 Å². The molecule has 0 unspecified atom stereocenters. The fourth-order valence-corrected chi connectivity index (χ4v) is 5.03. The molecule has 7 heteroatoms. The van der Waals surface area contributed by atoms with Crippen LogP contribution in [0.25, 0.3) is 10.2 Å². The molecule has 0 atom stereocenters. The van der Waals surface area contributed by atoms with E-state index in [1.54, 1.807) is 11.3 Å². The van der Waals surface area contributed by atoms with Gasteiger partial charge in [-0.15, -0.1) is 11.3 Å². The van der Waals surface area contributed by atoms with Gasteiger partial charge in [-0.2, -0.15) is 0 Å². The number of aryl methyl sites for hydroxylation is 1. The molecule has 2 aromatic heterocycles. The molecule has 1 aromatic carbocycles. The number of benzene rings is 1. The van der Waals surface area contributed by atoms with Crippen LogP contribution in [0.3, 0.4) is 0 Å². The zero-order valence-corrected chi connectivity index (χ0v) is 18.3. The van der Waals surface area contributed by atoms with Gasteiger partial charge in [0.25, 0.3) is 0 Å². The van der Waals surface area contributed by atoms with Crippen LogP contribution < -0.4 is 4.90 Å². The monoisotopic (exact) mass is 421 g/mol. The Morgan fingerprint density at radius 1 is 1.19 bits per heavy atom. The number of aromatic nitrogens is 1. The van der Waals surface area contributed by atoms with Crippen molar-refractivity contribution in [3.63, 3.8) is 0 Å². The number of thiophene rings is 1. The predicted octanol–water partition coefficient (Wildman–Crippen LogP) is 5.24. The minimum atomic E-state index is 0.0810. The second-order valence-electron chi connectivity index (χ2n) is 6.37. The Balaban J connectivity index is 1.91. The third-order valence-corrected chi connectivity index (χ3v) is 7.07. The van der Waals surface area contributed by atoms with Gasteiger partial charge >= 0.3 is 0 Å². The number of halogens is 1. The van der Waals surface area contributed by atoms with Gasteiger partial charge in [-0.3, -0.25) is 9.69 Å². The normalized spacial score (nSPS) is 11.4. The van der Waals surface area contributed by atoms with E-state index in [-0.39, 0.29) is 5.91 Å². The van der Waals surface area contributed by atoms with Crippen LogP contribution in [0, 0.1) is 6.92 Å². The number of hydrogen-bond acceptors (Lipinski definition) is 5. The lowest BCUT2D eigenvalue weighted by molar-refractivity contribution is -0.118. The standard InChI is InChI=1S/C20H24ClN3OS2/c1-4-23(5-2)10-11-24(17(25)13-15-7-6-12-26-15)20-22-18-14(3)8-9-16(21)19(18)27-20/h6-9,12H,4-5,10-11,13H2,1-3H3. The van der Waals surface area contributed by atoms with Gasteiger partial charge in [0.2, 0.25) is 5.91 Å². The van der Waals surface area contributed by atoms with Crippen LogP contribution in [-0.2, 0) is 11.2 Å². The van der Waals surface area contributed by atoms with Crippen molar-refractivity contribution in [2.24, 2.45) is 0 Å². The molecule has 144 valence electrons. The van der Waals surface area contributed by atoms with E-state index >= 15 is 0 Å². The summed E-state index contributed by atoms with van der Waals surface area (Å²) < 4.78 is 0.948. The Labute approximate surface area is 173 Å². The first-order valence-corrected chi connectivity index (χ1v) is 11.2. The zero-order chi connectivity index (χ0) is 19.4. The topological polar surface area (TPSA) is 36.4 Å². The molecule has 0 saturated carbocycles. The molecule has 0 aliphatic heterocycles. The van der Waals surface area contributed by atoms with E-state index in [0.29, 0.717) is 18.0 Å². The summed E-state index contributed by atoms with van der Waals surface area (Å²) in [6.45, 7) is 9.69. The number of carbonyl (C=O) groups excluding carboxylic acids is 1. The van der Waals surface area contributed by atoms with Crippen molar-refractivity contribution in [2.45, 2.75) is 27.2 Å². The Morgan fingerprint density at radius 3 is 2.59 bits per heavy atom. The highest BCUT2D eigenvalue weighted by Crippen LogP contribution is 2.35. The molecule has 0 saturated heterocycles. The first-order valence-electron chi connectivity index (χ1n) is 9.14. The summed E-state index contributed by atoms with van der Waals surface area (Å²) in [7, 11) is 0. The van der Waals surface area contributed by atoms with Crippen LogP contribution >= 0.6 is 34.3 Å². The van der Waals surface area contributed by atoms with Crippen LogP contribution in [0.4, 0.5) is 5.13 Å².